The van der Waals surface area contributed by atoms with Gasteiger partial charge in [-0.2, -0.15) is 0 Å². The number of para-hydroxylation sites is 1. The van der Waals surface area contributed by atoms with E-state index in [9.17, 15) is 9.90 Å². The van der Waals surface area contributed by atoms with Gasteiger partial charge in [0.2, 0.25) is 0 Å². The summed E-state index contributed by atoms with van der Waals surface area (Å²) < 4.78 is 12.1. The van der Waals surface area contributed by atoms with Crippen LogP contribution in [0.1, 0.15) is 49.9 Å². The monoisotopic (exact) mass is 355 g/mol. The normalized spacial score (nSPS) is 23.8. The van der Waals surface area contributed by atoms with Gasteiger partial charge in [0, 0.05) is 12.8 Å². The number of piperidine rings is 1. The molecule has 0 aromatic heterocycles. The molecular weight excluding hydrogens is 330 g/mol. The van der Waals surface area contributed by atoms with Gasteiger partial charge < -0.3 is 19.5 Å². The van der Waals surface area contributed by atoms with Gasteiger partial charge in [-0.05, 0) is 51.0 Å². The van der Waals surface area contributed by atoms with Gasteiger partial charge in [0.1, 0.15) is 5.56 Å². The summed E-state index contributed by atoms with van der Waals surface area (Å²) in [5.74, 6) is -0.555. The Morgan fingerprint density at radius 2 is 2.04 bits per heavy atom. The number of aromatic carboxylic acids is 1. The molecule has 24 heavy (non-hydrogen) atoms. The second-order valence-corrected chi connectivity index (χ2v) is 6.63. The number of hydrogen-bond donors (Lipinski definition) is 1. The summed E-state index contributed by atoms with van der Waals surface area (Å²) in [5, 5.41) is 9.30. The second kappa shape index (κ2) is 7.62. The molecule has 1 N–H and O–H groups in total. The molecule has 6 heteroatoms. The third-order valence-electron chi connectivity index (χ3n) is 4.98. The molecule has 1 aromatic carbocycles. The number of halogens is 1. The molecule has 3 rings (SSSR count). The first kappa shape index (κ1) is 18.9. The smallest absolute Gasteiger partial charge is 0.339 e. The molecule has 1 unspecified atom stereocenters. The van der Waals surface area contributed by atoms with E-state index >= 15 is 0 Å². The fourth-order valence-corrected chi connectivity index (χ4v) is 3.54. The van der Waals surface area contributed by atoms with E-state index in [1.54, 1.807) is 18.2 Å². The topological polar surface area (TPSA) is 59.0 Å². The van der Waals surface area contributed by atoms with Crippen molar-refractivity contribution in [2.24, 2.45) is 5.92 Å². The van der Waals surface area contributed by atoms with Gasteiger partial charge in [0.25, 0.3) is 5.79 Å². The fraction of sp³-hybridized carbons (Fsp3) is 0.611. The zero-order valence-corrected chi connectivity index (χ0v) is 15.1. The van der Waals surface area contributed by atoms with Gasteiger partial charge in [-0.1, -0.05) is 19.4 Å². The van der Waals surface area contributed by atoms with Crippen LogP contribution in [-0.4, -0.2) is 41.4 Å². The van der Waals surface area contributed by atoms with Gasteiger partial charge in [0.05, 0.1) is 0 Å². The average molecular weight is 356 g/mol. The summed E-state index contributed by atoms with van der Waals surface area (Å²) in [6.45, 7) is 7.41. The number of fused-ring (bicyclic) bond motifs is 1. The highest BCUT2D eigenvalue weighted by Crippen LogP contribution is 2.46. The zero-order valence-electron chi connectivity index (χ0n) is 14.3. The Bertz CT molecular complexity index is 586. The van der Waals surface area contributed by atoms with Crippen molar-refractivity contribution >= 4 is 18.4 Å². The molecule has 1 atom stereocenters. The van der Waals surface area contributed by atoms with Crippen LogP contribution < -0.4 is 9.47 Å². The van der Waals surface area contributed by atoms with Crippen molar-refractivity contribution in [1.29, 1.82) is 0 Å². The highest BCUT2D eigenvalue weighted by atomic mass is 35.5. The lowest BCUT2D eigenvalue weighted by molar-refractivity contribution is -0.124. The molecule has 0 saturated carbocycles. The molecule has 5 nitrogen and oxygen atoms in total. The number of carboxylic acid groups (broad SMARTS) is 1. The first-order valence-corrected chi connectivity index (χ1v) is 8.50. The molecule has 0 amide bonds. The molecule has 2 aliphatic rings. The zero-order chi connectivity index (χ0) is 16.4. The van der Waals surface area contributed by atoms with E-state index in [4.69, 9.17) is 9.47 Å². The van der Waals surface area contributed by atoms with Crippen LogP contribution in [0, 0.1) is 5.92 Å². The minimum atomic E-state index is -0.982. The van der Waals surface area contributed by atoms with Crippen molar-refractivity contribution in [1.82, 2.24) is 4.90 Å². The number of unbranched alkanes of at least 4 members (excludes halogenated alkanes) is 1. The summed E-state index contributed by atoms with van der Waals surface area (Å²) in [4.78, 5) is 13.8. The number of carbonyl (C=O) groups is 1. The molecule has 0 aliphatic carbocycles. The lowest BCUT2D eigenvalue weighted by Crippen LogP contribution is -2.48. The van der Waals surface area contributed by atoms with Gasteiger partial charge in [0.15, 0.2) is 11.5 Å². The Balaban J connectivity index is 0.00000208. The second-order valence-electron chi connectivity index (χ2n) is 6.63. The van der Waals surface area contributed by atoms with Crippen LogP contribution in [-0.2, 0) is 0 Å². The Morgan fingerprint density at radius 1 is 1.33 bits per heavy atom. The lowest BCUT2D eigenvalue weighted by atomic mass is 9.89. The molecule has 2 aliphatic heterocycles. The van der Waals surface area contributed by atoms with E-state index in [1.807, 2.05) is 6.92 Å². The van der Waals surface area contributed by atoms with Gasteiger partial charge in [-0.25, -0.2) is 4.79 Å². The molecule has 0 radical (unpaired) electrons. The minimum absolute atomic E-state index is 0. The van der Waals surface area contributed by atoms with Crippen molar-refractivity contribution < 1.29 is 19.4 Å². The van der Waals surface area contributed by atoms with E-state index in [0.29, 0.717) is 11.5 Å². The van der Waals surface area contributed by atoms with Gasteiger partial charge in [-0.15, -0.1) is 12.4 Å². The first-order chi connectivity index (χ1) is 11.0. The van der Waals surface area contributed by atoms with Crippen molar-refractivity contribution in [2.75, 3.05) is 19.6 Å². The number of carboxylic acids is 1. The first-order valence-electron chi connectivity index (χ1n) is 8.50. The largest absolute Gasteiger partial charge is 0.478 e. The van der Waals surface area contributed by atoms with E-state index in [0.717, 1.165) is 32.5 Å². The van der Waals surface area contributed by atoms with Crippen molar-refractivity contribution in [2.45, 2.75) is 45.3 Å². The Hall–Kier alpha value is -1.46. The predicted molar refractivity (Wildman–Crippen MR) is 94.4 cm³/mol. The summed E-state index contributed by atoms with van der Waals surface area (Å²) >= 11 is 0. The summed E-state index contributed by atoms with van der Waals surface area (Å²) in [6.07, 6.45) is 4.48. The van der Waals surface area contributed by atoms with Gasteiger partial charge >= 0.3 is 5.97 Å². The average Bonchev–Trinajstić information content (AvgIpc) is 2.90. The van der Waals surface area contributed by atoms with Crippen LogP contribution in [0.5, 0.6) is 11.5 Å². The highest BCUT2D eigenvalue weighted by Gasteiger charge is 2.46. The van der Waals surface area contributed by atoms with E-state index in [1.165, 1.54) is 12.8 Å². The molecule has 1 saturated heterocycles. The number of likely N-dealkylation sites (tertiary alicyclic amines) is 1. The Morgan fingerprint density at radius 3 is 2.67 bits per heavy atom. The summed E-state index contributed by atoms with van der Waals surface area (Å²) in [6, 6.07) is 5.04. The predicted octanol–water partition coefficient (Wildman–Crippen LogP) is 3.81. The number of hydrogen-bond acceptors (Lipinski definition) is 4. The number of benzene rings is 1. The van der Waals surface area contributed by atoms with Crippen LogP contribution in [0.15, 0.2) is 18.2 Å². The maximum absolute atomic E-state index is 11.3. The molecule has 134 valence electrons. The third-order valence-corrected chi connectivity index (χ3v) is 4.98. The van der Waals surface area contributed by atoms with Crippen LogP contribution in [0.25, 0.3) is 0 Å². The van der Waals surface area contributed by atoms with E-state index in [2.05, 4.69) is 11.8 Å². The molecule has 1 aromatic rings. The standard InChI is InChI=1S/C18H25NO4.ClH/c1-3-4-10-19-11-8-13(9-12-19)18(2)22-15-7-5-6-14(17(20)21)16(15)23-18;/h5-7,13H,3-4,8-12H2,1-2H3,(H,20,21);1H. The van der Waals surface area contributed by atoms with Crippen LogP contribution >= 0.6 is 12.4 Å². The summed E-state index contributed by atoms with van der Waals surface area (Å²) in [7, 11) is 0. The quantitative estimate of drug-likeness (QED) is 0.870. The lowest BCUT2D eigenvalue weighted by Gasteiger charge is -2.38. The maximum Gasteiger partial charge on any atom is 0.339 e. The minimum Gasteiger partial charge on any atom is -0.478 e. The van der Waals surface area contributed by atoms with Gasteiger partial charge in [-0.3, -0.25) is 0 Å². The van der Waals surface area contributed by atoms with Crippen LogP contribution in [0.4, 0.5) is 0 Å². The number of ether oxygens (including phenoxy) is 2. The van der Waals surface area contributed by atoms with Crippen LogP contribution in [0.3, 0.4) is 0 Å². The molecule has 2 heterocycles. The maximum atomic E-state index is 11.3. The molecule has 0 spiro atoms. The van der Waals surface area contributed by atoms with Crippen molar-refractivity contribution in [3.63, 3.8) is 0 Å². The highest BCUT2D eigenvalue weighted by molar-refractivity contribution is 5.92. The number of rotatable bonds is 5. The molecule has 1 fully saturated rings. The Labute approximate surface area is 149 Å². The Kier molecular flexibility index (Phi) is 5.99. The molecular formula is C18H26ClNO4. The molecule has 0 bridgehead atoms. The van der Waals surface area contributed by atoms with Crippen molar-refractivity contribution in [3.8, 4) is 11.5 Å². The van der Waals surface area contributed by atoms with Crippen LogP contribution in [0.2, 0.25) is 0 Å². The SMILES string of the molecule is CCCCN1CCC(C2(C)Oc3cccc(C(=O)O)c3O2)CC1.Cl. The van der Waals surface area contributed by atoms with E-state index < -0.39 is 11.8 Å². The van der Waals surface area contributed by atoms with Crippen molar-refractivity contribution in [3.05, 3.63) is 23.8 Å². The fourth-order valence-electron chi connectivity index (χ4n) is 3.54. The van der Waals surface area contributed by atoms with E-state index in [-0.39, 0.29) is 23.9 Å². The summed E-state index contributed by atoms with van der Waals surface area (Å²) in [5.41, 5.74) is 0.173. The third kappa shape index (κ3) is 3.62. The number of nitrogens with zero attached hydrogens (tertiary/aromatic N) is 1.